The standard InChI is InChI=1S/C19H28N4O3S2/c1-6-11(4)7-13-12(5)28-18-16(13)17(26)22-19(23-18)27-9-15(25)20-8-14(24)21-10(2)3/h10-11H,6-9H2,1-5H3,(H,20,25)(H,21,24)(H,22,23,26)/t11-/m1/s1. The summed E-state index contributed by atoms with van der Waals surface area (Å²) >= 11 is 2.67. The number of thioether (sulfide) groups is 1. The van der Waals surface area contributed by atoms with E-state index in [9.17, 15) is 14.4 Å². The van der Waals surface area contributed by atoms with E-state index >= 15 is 0 Å². The van der Waals surface area contributed by atoms with Crippen LogP contribution in [0.15, 0.2) is 9.95 Å². The van der Waals surface area contributed by atoms with Crippen molar-refractivity contribution in [3.05, 3.63) is 20.8 Å². The van der Waals surface area contributed by atoms with Crippen molar-refractivity contribution in [1.29, 1.82) is 0 Å². The van der Waals surface area contributed by atoms with Gasteiger partial charge in [-0.3, -0.25) is 14.4 Å². The van der Waals surface area contributed by atoms with E-state index in [2.05, 4.69) is 34.4 Å². The quantitative estimate of drug-likeness (QED) is 0.424. The molecule has 0 aliphatic carbocycles. The van der Waals surface area contributed by atoms with Crippen molar-refractivity contribution < 1.29 is 9.59 Å². The van der Waals surface area contributed by atoms with E-state index in [1.54, 1.807) is 0 Å². The molecule has 0 fully saturated rings. The van der Waals surface area contributed by atoms with E-state index < -0.39 is 0 Å². The fraction of sp³-hybridized carbons (Fsp3) is 0.579. The molecule has 0 radical (unpaired) electrons. The SMILES string of the molecule is CC[C@@H](C)Cc1c(C)sc2nc(SCC(=O)NCC(=O)NC(C)C)[nH]c(=O)c12. The molecule has 0 saturated carbocycles. The monoisotopic (exact) mass is 424 g/mol. The van der Waals surface area contributed by atoms with Gasteiger partial charge in [0.15, 0.2) is 5.16 Å². The highest BCUT2D eigenvalue weighted by Crippen LogP contribution is 2.30. The van der Waals surface area contributed by atoms with Crippen LogP contribution in [0.1, 0.15) is 44.6 Å². The minimum Gasteiger partial charge on any atom is -0.352 e. The van der Waals surface area contributed by atoms with Crippen LogP contribution in [0.4, 0.5) is 0 Å². The number of carbonyl (C=O) groups excluding carboxylic acids is 2. The van der Waals surface area contributed by atoms with E-state index in [1.807, 2.05) is 20.8 Å². The zero-order chi connectivity index (χ0) is 20.8. The molecule has 0 spiro atoms. The third-order valence-corrected chi connectivity index (χ3v) is 6.24. The van der Waals surface area contributed by atoms with Gasteiger partial charge in [0.05, 0.1) is 17.7 Å². The predicted molar refractivity (Wildman–Crippen MR) is 115 cm³/mol. The average molecular weight is 425 g/mol. The number of hydrogen-bond acceptors (Lipinski definition) is 6. The highest BCUT2D eigenvalue weighted by Gasteiger charge is 2.17. The second-order valence-corrected chi connectivity index (χ2v) is 9.36. The van der Waals surface area contributed by atoms with Crippen molar-refractivity contribution in [1.82, 2.24) is 20.6 Å². The average Bonchev–Trinajstić information content (AvgIpc) is 2.93. The first-order valence-electron chi connectivity index (χ1n) is 9.42. The molecule has 154 valence electrons. The minimum absolute atomic E-state index is 0.0271. The number of rotatable bonds is 9. The highest BCUT2D eigenvalue weighted by atomic mass is 32.2. The summed E-state index contributed by atoms with van der Waals surface area (Å²) in [5.41, 5.74) is 0.917. The number of fused-ring (bicyclic) bond motifs is 1. The first-order valence-corrected chi connectivity index (χ1v) is 11.2. The van der Waals surface area contributed by atoms with Gasteiger partial charge in [0.1, 0.15) is 4.83 Å². The maximum Gasteiger partial charge on any atom is 0.260 e. The lowest BCUT2D eigenvalue weighted by Crippen LogP contribution is -2.40. The Labute approximate surface area is 173 Å². The largest absolute Gasteiger partial charge is 0.352 e. The van der Waals surface area contributed by atoms with Crippen LogP contribution in [-0.4, -0.2) is 40.1 Å². The van der Waals surface area contributed by atoms with Crippen LogP contribution in [0, 0.1) is 12.8 Å². The molecule has 0 saturated heterocycles. The third-order valence-electron chi connectivity index (χ3n) is 4.33. The van der Waals surface area contributed by atoms with Crippen molar-refractivity contribution in [2.75, 3.05) is 12.3 Å². The molecular formula is C19H28N4O3S2. The molecule has 2 amide bonds. The van der Waals surface area contributed by atoms with Crippen LogP contribution < -0.4 is 16.2 Å². The second-order valence-electron chi connectivity index (χ2n) is 7.19. The molecule has 28 heavy (non-hydrogen) atoms. The lowest BCUT2D eigenvalue weighted by Gasteiger charge is -2.09. The van der Waals surface area contributed by atoms with Crippen molar-refractivity contribution in [3.8, 4) is 0 Å². The molecule has 3 N–H and O–H groups in total. The Morgan fingerprint density at radius 2 is 1.96 bits per heavy atom. The van der Waals surface area contributed by atoms with Crippen molar-refractivity contribution in [2.24, 2.45) is 5.92 Å². The van der Waals surface area contributed by atoms with E-state index in [-0.39, 0.29) is 35.7 Å². The van der Waals surface area contributed by atoms with Crippen LogP contribution >= 0.6 is 23.1 Å². The van der Waals surface area contributed by atoms with Crippen LogP contribution in [-0.2, 0) is 16.0 Å². The number of H-pyrrole nitrogens is 1. The molecule has 2 heterocycles. The number of carbonyl (C=O) groups is 2. The first kappa shape index (κ1) is 22.4. The van der Waals surface area contributed by atoms with E-state index in [1.165, 1.54) is 11.3 Å². The Morgan fingerprint density at radius 3 is 2.61 bits per heavy atom. The molecule has 2 aromatic rings. The number of aromatic nitrogens is 2. The topological polar surface area (TPSA) is 104 Å². The van der Waals surface area contributed by atoms with Crippen LogP contribution in [0.3, 0.4) is 0 Å². The fourth-order valence-electron chi connectivity index (χ4n) is 2.70. The summed E-state index contributed by atoms with van der Waals surface area (Å²) in [5.74, 6) is 0.0604. The van der Waals surface area contributed by atoms with E-state index in [0.29, 0.717) is 21.3 Å². The van der Waals surface area contributed by atoms with Crippen molar-refractivity contribution in [2.45, 2.75) is 58.7 Å². The molecule has 0 aliphatic rings. The van der Waals surface area contributed by atoms with Gasteiger partial charge in [-0.15, -0.1) is 11.3 Å². The molecule has 0 unspecified atom stereocenters. The maximum atomic E-state index is 12.6. The van der Waals surface area contributed by atoms with Gasteiger partial charge in [0.25, 0.3) is 5.56 Å². The summed E-state index contributed by atoms with van der Waals surface area (Å²) < 4.78 is 0. The summed E-state index contributed by atoms with van der Waals surface area (Å²) in [7, 11) is 0. The number of hydrogen-bond donors (Lipinski definition) is 3. The zero-order valence-electron chi connectivity index (χ0n) is 17.0. The second kappa shape index (κ2) is 10.1. The van der Waals surface area contributed by atoms with Gasteiger partial charge in [-0.1, -0.05) is 32.0 Å². The third kappa shape index (κ3) is 6.07. The Kier molecular flexibility index (Phi) is 8.06. The van der Waals surface area contributed by atoms with Crippen molar-refractivity contribution in [3.63, 3.8) is 0 Å². The molecule has 0 aliphatic heterocycles. The van der Waals surface area contributed by atoms with E-state index in [0.717, 1.165) is 35.0 Å². The molecular weight excluding hydrogens is 396 g/mol. The van der Waals surface area contributed by atoms with Crippen LogP contribution in [0.5, 0.6) is 0 Å². The minimum atomic E-state index is -0.286. The number of nitrogens with zero attached hydrogens (tertiary/aromatic N) is 1. The number of nitrogens with one attached hydrogen (secondary N) is 3. The lowest BCUT2D eigenvalue weighted by atomic mass is 9.98. The lowest BCUT2D eigenvalue weighted by molar-refractivity contribution is -0.125. The summed E-state index contributed by atoms with van der Waals surface area (Å²) in [5, 5.41) is 6.35. The van der Waals surface area contributed by atoms with Gasteiger partial charge < -0.3 is 15.6 Å². The summed E-state index contributed by atoms with van der Waals surface area (Å²) in [6.45, 7) is 9.98. The summed E-state index contributed by atoms with van der Waals surface area (Å²) in [6.07, 6.45) is 1.92. The number of aryl methyl sites for hydroxylation is 1. The smallest absolute Gasteiger partial charge is 0.260 e. The molecule has 0 aromatic carbocycles. The summed E-state index contributed by atoms with van der Waals surface area (Å²) in [6, 6.07) is 0.0271. The molecule has 2 aromatic heterocycles. The normalized spacial score (nSPS) is 12.4. The molecule has 1 atom stereocenters. The molecule has 9 heteroatoms. The highest BCUT2D eigenvalue weighted by molar-refractivity contribution is 7.99. The van der Waals surface area contributed by atoms with Crippen LogP contribution in [0.2, 0.25) is 0 Å². The van der Waals surface area contributed by atoms with Crippen LogP contribution in [0.25, 0.3) is 10.2 Å². The van der Waals surface area contributed by atoms with Gasteiger partial charge in [0.2, 0.25) is 11.8 Å². The Bertz CT molecular complexity index is 904. The van der Waals surface area contributed by atoms with Gasteiger partial charge in [-0.05, 0) is 38.7 Å². The van der Waals surface area contributed by atoms with Gasteiger partial charge in [-0.2, -0.15) is 0 Å². The van der Waals surface area contributed by atoms with Crippen molar-refractivity contribution >= 4 is 45.1 Å². The molecule has 0 bridgehead atoms. The number of aromatic amines is 1. The van der Waals surface area contributed by atoms with Gasteiger partial charge in [-0.25, -0.2) is 4.98 Å². The zero-order valence-corrected chi connectivity index (χ0v) is 18.6. The number of amides is 2. The Morgan fingerprint density at radius 1 is 1.25 bits per heavy atom. The fourth-order valence-corrected chi connectivity index (χ4v) is 4.50. The maximum absolute atomic E-state index is 12.6. The summed E-state index contributed by atoms with van der Waals surface area (Å²) in [4.78, 5) is 45.2. The van der Waals surface area contributed by atoms with E-state index in [4.69, 9.17) is 0 Å². The first-order chi connectivity index (χ1) is 13.2. The molecule has 7 nitrogen and oxygen atoms in total. The Balaban J connectivity index is 2.03. The van der Waals surface area contributed by atoms with Gasteiger partial charge >= 0.3 is 0 Å². The van der Waals surface area contributed by atoms with Gasteiger partial charge in [0, 0.05) is 10.9 Å². The predicted octanol–water partition coefficient (Wildman–Crippen LogP) is 2.61. The number of thiophene rings is 1. The molecule has 2 rings (SSSR count). The Hall–Kier alpha value is -1.87.